The Hall–Kier alpha value is -4.26. The summed E-state index contributed by atoms with van der Waals surface area (Å²) in [6.45, 7) is 5.53. The van der Waals surface area contributed by atoms with Gasteiger partial charge in [-0.2, -0.15) is 0 Å². The molecule has 1 heterocycles. The number of imidazole rings is 1. The lowest BCUT2D eigenvalue weighted by molar-refractivity contribution is -0.123. The van der Waals surface area contributed by atoms with Gasteiger partial charge in [-0.1, -0.05) is 42.5 Å². The number of carbonyl (C=O) groups is 1. The van der Waals surface area contributed by atoms with Gasteiger partial charge in [0.15, 0.2) is 18.1 Å². The smallest absolute Gasteiger partial charge is 0.257 e. The van der Waals surface area contributed by atoms with Gasteiger partial charge in [0.25, 0.3) is 5.91 Å². The van der Waals surface area contributed by atoms with E-state index in [1.807, 2.05) is 72.8 Å². The first kappa shape index (κ1) is 25.8. The molecule has 0 saturated heterocycles. The molecule has 1 aromatic heterocycles. The van der Waals surface area contributed by atoms with Crippen molar-refractivity contribution in [3.05, 3.63) is 96.8 Å². The Morgan fingerprint density at radius 2 is 1.84 bits per heavy atom. The van der Waals surface area contributed by atoms with E-state index in [9.17, 15) is 4.79 Å². The zero-order chi connectivity index (χ0) is 25.9. The molecule has 0 radical (unpaired) electrons. The molecule has 0 aliphatic rings. The van der Waals surface area contributed by atoms with Crippen LogP contribution in [0.25, 0.3) is 11.0 Å². The number of para-hydroxylation sites is 3. The number of methoxy groups -OCH3 is 1. The lowest BCUT2D eigenvalue weighted by Gasteiger charge is -2.13. The first-order valence-electron chi connectivity index (χ1n) is 12.5. The average Bonchev–Trinajstić information content (AvgIpc) is 3.28. The van der Waals surface area contributed by atoms with E-state index in [2.05, 4.69) is 22.5 Å². The van der Waals surface area contributed by atoms with Crippen molar-refractivity contribution in [1.82, 2.24) is 14.9 Å². The van der Waals surface area contributed by atoms with Crippen LogP contribution in [-0.2, 0) is 24.2 Å². The minimum absolute atomic E-state index is 0.0181. The van der Waals surface area contributed by atoms with Gasteiger partial charge >= 0.3 is 0 Å². The Labute approximate surface area is 217 Å². The van der Waals surface area contributed by atoms with Crippen molar-refractivity contribution >= 4 is 16.9 Å². The molecule has 37 heavy (non-hydrogen) atoms. The molecule has 0 saturated carbocycles. The Morgan fingerprint density at radius 3 is 2.65 bits per heavy atom. The molecule has 0 unspecified atom stereocenters. The highest BCUT2D eigenvalue weighted by atomic mass is 16.5. The fourth-order valence-corrected chi connectivity index (χ4v) is 4.13. The van der Waals surface area contributed by atoms with Crippen LogP contribution in [0.3, 0.4) is 0 Å². The standard InChI is InChI=1S/C30H33N3O4/c1-3-10-23-15-16-27(28(21-23)35-2)36-20-9-19-33-26-14-8-7-13-25(26)32-29(33)17-18-31-30(34)22-37-24-11-5-4-6-12-24/h3-8,11-16,21H,1,9-10,17-20,22H2,2H3,(H,31,34). The van der Waals surface area contributed by atoms with Crippen molar-refractivity contribution in [3.8, 4) is 17.2 Å². The quantitative estimate of drug-likeness (QED) is 0.196. The topological polar surface area (TPSA) is 74.6 Å². The minimum atomic E-state index is -0.159. The summed E-state index contributed by atoms with van der Waals surface area (Å²) in [6.07, 6.45) is 4.06. The van der Waals surface area contributed by atoms with Crippen LogP contribution < -0.4 is 19.5 Å². The number of amides is 1. The SMILES string of the molecule is C=CCc1ccc(OCCCn2c(CCNC(=O)COc3ccccc3)nc3ccccc32)c(OC)c1. The van der Waals surface area contributed by atoms with Crippen molar-refractivity contribution in [3.63, 3.8) is 0 Å². The minimum Gasteiger partial charge on any atom is -0.493 e. The van der Waals surface area contributed by atoms with E-state index in [0.717, 1.165) is 53.3 Å². The molecule has 0 atom stereocenters. The Kier molecular flexibility index (Phi) is 9.18. The molecule has 7 nitrogen and oxygen atoms in total. The molecule has 192 valence electrons. The molecule has 4 rings (SSSR count). The second-order valence-corrected chi connectivity index (χ2v) is 8.55. The number of benzene rings is 3. The molecular weight excluding hydrogens is 466 g/mol. The van der Waals surface area contributed by atoms with Gasteiger partial charge < -0.3 is 24.1 Å². The number of allylic oxidation sites excluding steroid dienone is 1. The van der Waals surface area contributed by atoms with Crippen LogP contribution in [0.1, 0.15) is 17.8 Å². The summed E-state index contributed by atoms with van der Waals surface area (Å²) in [4.78, 5) is 17.0. The summed E-state index contributed by atoms with van der Waals surface area (Å²) < 4.78 is 19.3. The monoisotopic (exact) mass is 499 g/mol. The summed E-state index contributed by atoms with van der Waals surface area (Å²) in [5.41, 5.74) is 3.15. The first-order chi connectivity index (χ1) is 18.2. The fraction of sp³-hybridized carbons (Fsp3) is 0.267. The molecule has 0 bridgehead atoms. The van der Waals surface area contributed by atoms with E-state index in [4.69, 9.17) is 19.2 Å². The van der Waals surface area contributed by atoms with Crippen LogP contribution in [0.2, 0.25) is 0 Å². The van der Waals surface area contributed by atoms with Crippen molar-refractivity contribution in [2.45, 2.75) is 25.8 Å². The maximum absolute atomic E-state index is 12.2. The predicted molar refractivity (Wildman–Crippen MR) is 145 cm³/mol. The number of nitrogens with zero attached hydrogens (tertiary/aromatic N) is 2. The largest absolute Gasteiger partial charge is 0.493 e. The number of hydrogen-bond donors (Lipinski definition) is 1. The number of ether oxygens (including phenoxy) is 3. The van der Waals surface area contributed by atoms with E-state index in [0.29, 0.717) is 25.3 Å². The van der Waals surface area contributed by atoms with Gasteiger partial charge in [-0.05, 0) is 54.8 Å². The summed E-state index contributed by atoms with van der Waals surface area (Å²) in [5.74, 6) is 2.89. The molecule has 7 heteroatoms. The summed E-state index contributed by atoms with van der Waals surface area (Å²) in [7, 11) is 1.65. The molecule has 1 amide bonds. The third-order valence-corrected chi connectivity index (χ3v) is 5.91. The molecule has 0 aliphatic heterocycles. The highest BCUT2D eigenvalue weighted by Crippen LogP contribution is 2.28. The number of fused-ring (bicyclic) bond motifs is 1. The van der Waals surface area contributed by atoms with Crippen LogP contribution in [-0.4, -0.2) is 42.3 Å². The Morgan fingerprint density at radius 1 is 1.03 bits per heavy atom. The number of nitrogens with one attached hydrogen (secondary N) is 1. The number of carbonyl (C=O) groups excluding carboxylic acids is 1. The molecule has 1 N–H and O–H groups in total. The average molecular weight is 500 g/mol. The third kappa shape index (κ3) is 7.13. The number of rotatable bonds is 14. The van der Waals surface area contributed by atoms with E-state index in [1.165, 1.54) is 0 Å². The van der Waals surface area contributed by atoms with E-state index >= 15 is 0 Å². The Bertz CT molecular complexity index is 1320. The van der Waals surface area contributed by atoms with Crippen molar-refractivity contribution in [2.24, 2.45) is 0 Å². The van der Waals surface area contributed by atoms with Crippen LogP contribution in [0.5, 0.6) is 17.2 Å². The molecule has 4 aromatic rings. The predicted octanol–water partition coefficient (Wildman–Crippen LogP) is 4.98. The molecule has 0 aliphatic carbocycles. The van der Waals surface area contributed by atoms with Crippen LogP contribution >= 0.6 is 0 Å². The van der Waals surface area contributed by atoms with Gasteiger partial charge in [0.05, 0.1) is 24.8 Å². The van der Waals surface area contributed by atoms with Crippen LogP contribution in [0.4, 0.5) is 0 Å². The second-order valence-electron chi connectivity index (χ2n) is 8.55. The van der Waals surface area contributed by atoms with Gasteiger partial charge in [-0.25, -0.2) is 4.98 Å². The summed E-state index contributed by atoms with van der Waals surface area (Å²) in [5, 5.41) is 2.93. The van der Waals surface area contributed by atoms with Gasteiger partial charge in [-0.3, -0.25) is 4.79 Å². The lowest BCUT2D eigenvalue weighted by atomic mass is 10.1. The number of aromatic nitrogens is 2. The van der Waals surface area contributed by atoms with Gasteiger partial charge in [0.2, 0.25) is 0 Å². The second kappa shape index (κ2) is 13.2. The third-order valence-electron chi connectivity index (χ3n) is 5.91. The van der Waals surface area contributed by atoms with Gasteiger partial charge in [0, 0.05) is 19.5 Å². The molecular formula is C30H33N3O4. The van der Waals surface area contributed by atoms with Gasteiger partial charge in [0.1, 0.15) is 11.6 Å². The summed E-state index contributed by atoms with van der Waals surface area (Å²) >= 11 is 0. The maximum atomic E-state index is 12.2. The molecule has 0 spiro atoms. The zero-order valence-corrected chi connectivity index (χ0v) is 21.2. The first-order valence-corrected chi connectivity index (χ1v) is 12.5. The molecule has 3 aromatic carbocycles. The summed E-state index contributed by atoms with van der Waals surface area (Å²) in [6, 6.07) is 23.3. The number of aryl methyl sites for hydroxylation is 1. The van der Waals surface area contributed by atoms with Crippen LogP contribution in [0.15, 0.2) is 85.5 Å². The van der Waals surface area contributed by atoms with Crippen LogP contribution in [0, 0.1) is 0 Å². The van der Waals surface area contributed by atoms with E-state index < -0.39 is 0 Å². The maximum Gasteiger partial charge on any atom is 0.257 e. The highest BCUT2D eigenvalue weighted by Gasteiger charge is 2.12. The highest BCUT2D eigenvalue weighted by molar-refractivity contribution is 5.77. The van der Waals surface area contributed by atoms with Gasteiger partial charge in [-0.15, -0.1) is 6.58 Å². The van der Waals surface area contributed by atoms with E-state index in [-0.39, 0.29) is 12.5 Å². The fourth-order valence-electron chi connectivity index (χ4n) is 4.13. The van der Waals surface area contributed by atoms with Crippen molar-refractivity contribution < 1.29 is 19.0 Å². The number of hydrogen-bond acceptors (Lipinski definition) is 5. The Balaban J connectivity index is 1.31. The van der Waals surface area contributed by atoms with Crippen molar-refractivity contribution in [2.75, 3.05) is 26.9 Å². The normalized spacial score (nSPS) is 10.7. The zero-order valence-electron chi connectivity index (χ0n) is 21.2. The van der Waals surface area contributed by atoms with E-state index in [1.54, 1.807) is 7.11 Å². The molecule has 0 fully saturated rings. The van der Waals surface area contributed by atoms with Crippen molar-refractivity contribution in [1.29, 1.82) is 0 Å². The lowest BCUT2D eigenvalue weighted by Crippen LogP contribution is -2.31.